The smallest absolute Gasteiger partial charge is 0.338 e. The zero-order valence-corrected chi connectivity index (χ0v) is 20.5. The van der Waals surface area contributed by atoms with E-state index in [1.54, 1.807) is 29.8 Å². The van der Waals surface area contributed by atoms with Gasteiger partial charge in [-0.1, -0.05) is 42.9 Å². The normalized spacial score (nSPS) is 15.8. The van der Waals surface area contributed by atoms with Crippen LogP contribution in [0.25, 0.3) is 6.08 Å². The summed E-state index contributed by atoms with van der Waals surface area (Å²) in [5.74, 6) is 0.301. The SMILES string of the molecule is CCCCOc1ccc(C2C(C(=O)OCC)=C(C)N=c3sc(=Cc4cccs4)c(=O)n32)cc1. The molecule has 172 valence electrons. The molecule has 0 saturated heterocycles. The fourth-order valence-electron chi connectivity index (χ4n) is 3.69. The number of thiophene rings is 1. The van der Waals surface area contributed by atoms with Crippen molar-refractivity contribution in [2.45, 2.75) is 39.7 Å². The number of fused-ring (bicyclic) bond motifs is 1. The minimum atomic E-state index is -0.615. The van der Waals surface area contributed by atoms with Crippen LogP contribution in [0.1, 0.15) is 50.1 Å². The van der Waals surface area contributed by atoms with E-state index >= 15 is 0 Å². The third-order valence-electron chi connectivity index (χ3n) is 5.30. The van der Waals surface area contributed by atoms with E-state index in [1.807, 2.05) is 47.9 Å². The monoisotopic (exact) mass is 482 g/mol. The van der Waals surface area contributed by atoms with Gasteiger partial charge in [0, 0.05) is 4.88 Å². The molecule has 0 fully saturated rings. The number of carbonyl (C=O) groups excluding carboxylic acids is 1. The number of ether oxygens (including phenoxy) is 2. The number of rotatable bonds is 8. The fraction of sp³-hybridized carbons (Fsp3) is 0.320. The van der Waals surface area contributed by atoms with Crippen LogP contribution in [0.4, 0.5) is 0 Å². The molecular formula is C25H26N2O4S2. The number of esters is 1. The van der Waals surface area contributed by atoms with Crippen LogP contribution >= 0.6 is 22.7 Å². The van der Waals surface area contributed by atoms with Gasteiger partial charge < -0.3 is 9.47 Å². The third kappa shape index (κ3) is 4.86. The molecule has 0 amide bonds. The van der Waals surface area contributed by atoms with Gasteiger partial charge >= 0.3 is 5.97 Å². The minimum absolute atomic E-state index is 0.172. The van der Waals surface area contributed by atoms with E-state index in [1.165, 1.54) is 11.3 Å². The Labute approximate surface area is 200 Å². The van der Waals surface area contributed by atoms with Crippen LogP contribution in [-0.4, -0.2) is 23.8 Å². The molecule has 1 aliphatic rings. The molecule has 3 aromatic rings. The van der Waals surface area contributed by atoms with Gasteiger partial charge in [-0.3, -0.25) is 9.36 Å². The maximum Gasteiger partial charge on any atom is 0.338 e. The Bertz CT molecular complexity index is 1330. The molecule has 1 atom stereocenters. The standard InChI is InChI=1S/C25H26N2O4S2/c1-4-6-13-31-18-11-9-17(10-12-18)22-21(24(29)30-5-2)16(3)26-25-27(22)23(28)20(33-25)15-19-8-7-14-32-19/h7-12,14-15,22H,4-6,13H2,1-3H3. The maximum absolute atomic E-state index is 13.5. The Morgan fingerprint density at radius 1 is 1.21 bits per heavy atom. The first-order chi connectivity index (χ1) is 16.0. The zero-order chi connectivity index (χ0) is 23.4. The lowest BCUT2D eigenvalue weighted by atomic mass is 9.96. The summed E-state index contributed by atoms with van der Waals surface area (Å²) < 4.78 is 13.3. The summed E-state index contributed by atoms with van der Waals surface area (Å²) in [5.41, 5.74) is 1.57. The molecule has 0 aliphatic carbocycles. The van der Waals surface area contributed by atoms with Crippen LogP contribution in [0.5, 0.6) is 5.75 Å². The van der Waals surface area contributed by atoms with E-state index in [0.29, 0.717) is 27.2 Å². The van der Waals surface area contributed by atoms with Crippen molar-refractivity contribution in [1.29, 1.82) is 0 Å². The highest BCUT2D eigenvalue weighted by molar-refractivity contribution is 7.11. The van der Waals surface area contributed by atoms with E-state index in [0.717, 1.165) is 29.0 Å². The zero-order valence-electron chi connectivity index (χ0n) is 18.9. The first-order valence-electron chi connectivity index (χ1n) is 11.0. The molecule has 2 aromatic heterocycles. The molecule has 0 spiro atoms. The summed E-state index contributed by atoms with van der Waals surface area (Å²) in [7, 11) is 0. The van der Waals surface area contributed by atoms with Gasteiger partial charge in [0.05, 0.1) is 35.1 Å². The first-order valence-corrected chi connectivity index (χ1v) is 12.7. The predicted octanol–water partition coefficient (Wildman–Crippen LogP) is 4.04. The number of carbonyl (C=O) groups is 1. The lowest BCUT2D eigenvalue weighted by Crippen LogP contribution is -2.39. The number of hydrogen-bond donors (Lipinski definition) is 0. The van der Waals surface area contributed by atoms with Gasteiger partial charge in [-0.15, -0.1) is 11.3 Å². The average molecular weight is 483 g/mol. The number of nitrogens with zero attached hydrogens (tertiary/aromatic N) is 2. The van der Waals surface area contributed by atoms with E-state index in [9.17, 15) is 9.59 Å². The van der Waals surface area contributed by atoms with Crippen molar-refractivity contribution >= 4 is 34.7 Å². The molecule has 0 bridgehead atoms. The van der Waals surface area contributed by atoms with Crippen molar-refractivity contribution < 1.29 is 14.3 Å². The first kappa shape index (κ1) is 23.2. The third-order valence-corrected chi connectivity index (χ3v) is 7.10. The Morgan fingerprint density at radius 3 is 2.67 bits per heavy atom. The highest BCUT2D eigenvalue weighted by atomic mass is 32.1. The summed E-state index contributed by atoms with van der Waals surface area (Å²) in [6.07, 6.45) is 3.92. The molecule has 4 rings (SSSR count). The average Bonchev–Trinajstić information content (AvgIpc) is 3.42. The fourth-order valence-corrected chi connectivity index (χ4v) is 5.46. The largest absolute Gasteiger partial charge is 0.494 e. The Morgan fingerprint density at radius 2 is 2.00 bits per heavy atom. The van der Waals surface area contributed by atoms with Crippen LogP contribution in [0, 0.1) is 0 Å². The Balaban J connectivity index is 1.83. The summed E-state index contributed by atoms with van der Waals surface area (Å²) in [4.78, 5) is 32.6. The van der Waals surface area contributed by atoms with Crippen molar-refractivity contribution in [2.75, 3.05) is 13.2 Å². The second-order valence-electron chi connectivity index (χ2n) is 7.59. The van der Waals surface area contributed by atoms with Crippen LogP contribution in [0.15, 0.2) is 62.8 Å². The quantitative estimate of drug-likeness (QED) is 0.359. The van der Waals surface area contributed by atoms with Gasteiger partial charge in [0.2, 0.25) is 0 Å². The van der Waals surface area contributed by atoms with Crippen molar-refractivity contribution in [2.24, 2.45) is 4.99 Å². The predicted molar refractivity (Wildman–Crippen MR) is 132 cm³/mol. The van der Waals surface area contributed by atoms with Crippen LogP contribution in [0.3, 0.4) is 0 Å². The van der Waals surface area contributed by atoms with Crippen LogP contribution in [0.2, 0.25) is 0 Å². The van der Waals surface area contributed by atoms with Crippen molar-refractivity contribution in [1.82, 2.24) is 4.57 Å². The summed E-state index contributed by atoms with van der Waals surface area (Å²) in [6.45, 7) is 6.57. The van der Waals surface area contributed by atoms with Gasteiger partial charge in [-0.25, -0.2) is 9.79 Å². The second kappa shape index (κ2) is 10.3. The topological polar surface area (TPSA) is 69.9 Å². The van der Waals surface area contributed by atoms with Crippen molar-refractivity contribution in [3.63, 3.8) is 0 Å². The number of aromatic nitrogens is 1. The molecular weight excluding hydrogens is 456 g/mol. The molecule has 1 unspecified atom stereocenters. The molecule has 8 heteroatoms. The van der Waals surface area contributed by atoms with Gasteiger partial charge in [0.25, 0.3) is 5.56 Å². The molecule has 1 aliphatic heterocycles. The molecule has 1 aromatic carbocycles. The van der Waals surface area contributed by atoms with Gasteiger partial charge in [0.1, 0.15) is 5.75 Å². The Kier molecular flexibility index (Phi) is 7.25. The second-order valence-corrected chi connectivity index (χ2v) is 9.58. The maximum atomic E-state index is 13.5. The van der Waals surface area contributed by atoms with Crippen molar-refractivity contribution in [3.05, 3.63) is 83.2 Å². The number of hydrogen-bond acceptors (Lipinski definition) is 7. The number of benzene rings is 1. The lowest BCUT2D eigenvalue weighted by molar-refractivity contribution is -0.139. The highest BCUT2D eigenvalue weighted by Crippen LogP contribution is 2.31. The van der Waals surface area contributed by atoms with Crippen LogP contribution < -0.4 is 19.6 Å². The number of allylic oxidation sites excluding steroid dienone is 1. The van der Waals surface area contributed by atoms with E-state index in [-0.39, 0.29) is 12.2 Å². The van der Waals surface area contributed by atoms with Crippen LogP contribution in [-0.2, 0) is 9.53 Å². The van der Waals surface area contributed by atoms with Gasteiger partial charge in [-0.05, 0) is 55.5 Å². The Hall–Kier alpha value is -2.97. The molecule has 0 N–H and O–H groups in total. The minimum Gasteiger partial charge on any atom is -0.494 e. The van der Waals surface area contributed by atoms with E-state index in [2.05, 4.69) is 11.9 Å². The lowest BCUT2D eigenvalue weighted by Gasteiger charge is -2.24. The molecule has 0 saturated carbocycles. The van der Waals surface area contributed by atoms with Gasteiger partial charge in [-0.2, -0.15) is 0 Å². The summed E-state index contributed by atoms with van der Waals surface area (Å²) >= 11 is 2.90. The van der Waals surface area contributed by atoms with E-state index in [4.69, 9.17) is 9.47 Å². The number of thiazole rings is 1. The highest BCUT2D eigenvalue weighted by Gasteiger charge is 2.33. The number of unbranched alkanes of at least 4 members (excludes halogenated alkanes) is 1. The van der Waals surface area contributed by atoms with Crippen molar-refractivity contribution in [3.8, 4) is 5.75 Å². The summed E-state index contributed by atoms with van der Waals surface area (Å²) in [6, 6.07) is 10.9. The summed E-state index contributed by atoms with van der Waals surface area (Å²) in [5, 5.41) is 1.97. The molecule has 3 heterocycles. The van der Waals surface area contributed by atoms with Gasteiger partial charge in [0.15, 0.2) is 4.80 Å². The van der Waals surface area contributed by atoms with E-state index < -0.39 is 12.0 Å². The molecule has 0 radical (unpaired) electrons. The molecule has 33 heavy (non-hydrogen) atoms. The molecule has 6 nitrogen and oxygen atoms in total.